The van der Waals surface area contributed by atoms with Gasteiger partial charge in [0, 0.05) is 29.1 Å². The van der Waals surface area contributed by atoms with E-state index in [9.17, 15) is 4.79 Å². The summed E-state index contributed by atoms with van der Waals surface area (Å²) in [5.41, 5.74) is 1.03. The molecular weight excluding hydrogens is 320 g/mol. The summed E-state index contributed by atoms with van der Waals surface area (Å²) >= 11 is 5.67. The highest BCUT2D eigenvalue weighted by Gasteiger charge is 2.38. The zero-order valence-electron chi connectivity index (χ0n) is 13.1. The van der Waals surface area contributed by atoms with E-state index in [2.05, 4.69) is 0 Å². The van der Waals surface area contributed by atoms with Crippen molar-refractivity contribution in [1.82, 2.24) is 0 Å². The molecule has 0 fully saturated rings. The highest BCUT2D eigenvalue weighted by Crippen LogP contribution is 2.37. The van der Waals surface area contributed by atoms with Crippen LogP contribution >= 0.6 is 11.6 Å². The molecule has 0 unspecified atom stereocenters. The predicted octanol–water partition coefficient (Wildman–Crippen LogP) is 5.55. The smallest absolute Gasteiger partial charge is 0.405 e. The van der Waals surface area contributed by atoms with Crippen LogP contribution in [0.3, 0.4) is 0 Å². The van der Waals surface area contributed by atoms with Crippen LogP contribution in [-0.2, 0) is 16.8 Å². The van der Waals surface area contributed by atoms with Crippen LogP contribution in [0.5, 0.6) is 0 Å². The van der Waals surface area contributed by atoms with Crippen molar-refractivity contribution in [3.63, 3.8) is 0 Å². The van der Waals surface area contributed by atoms with Crippen molar-refractivity contribution in [2.45, 2.75) is 12.0 Å². The molecule has 2 nitrogen and oxygen atoms in total. The normalized spacial score (nSPS) is 11.0. The Balaban J connectivity index is 2.18. The first kappa shape index (κ1) is 16.3. The van der Waals surface area contributed by atoms with Crippen LogP contribution in [-0.4, -0.2) is 5.43 Å². The van der Waals surface area contributed by atoms with Gasteiger partial charge in [-0.1, -0.05) is 91.0 Å². The summed E-state index contributed by atoms with van der Waals surface area (Å²) in [6.07, 6.45) is 0.500. The van der Waals surface area contributed by atoms with E-state index in [4.69, 9.17) is 16.3 Å². The molecule has 3 rings (SSSR count). The second-order valence-electron chi connectivity index (χ2n) is 5.56. The van der Waals surface area contributed by atoms with Gasteiger partial charge in [-0.2, -0.15) is 0 Å². The van der Waals surface area contributed by atoms with Crippen LogP contribution < -0.4 is 0 Å². The molecule has 3 heteroatoms. The highest BCUT2D eigenvalue weighted by atomic mass is 35.5. The second-order valence-corrected chi connectivity index (χ2v) is 5.87. The van der Waals surface area contributed by atoms with E-state index in [1.807, 2.05) is 91.0 Å². The quantitative estimate of drug-likeness (QED) is 0.571. The molecule has 3 aromatic carbocycles. The summed E-state index contributed by atoms with van der Waals surface area (Å²) in [6.45, 7) is 0. The number of halogens is 1. The Morgan fingerprint density at radius 1 is 0.750 bits per heavy atom. The maximum atomic E-state index is 11.7. The first-order valence-corrected chi connectivity index (χ1v) is 8.12. The van der Waals surface area contributed by atoms with E-state index < -0.39 is 11.0 Å². The van der Waals surface area contributed by atoms with Crippen LogP contribution in [0.2, 0.25) is 0 Å². The molecule has 0 bridgehead atoms. The summed E-state index contributed by atoms with van der Waals surface area (Å²) < 4.78 is 5.74. The van der Waals surface area contributed by atoms with Gasteiger partial charge in [0.25, 0.3) is 0 Å². The first-order chi connectivity index (χ1) is 11.7. The molecule has 0 saturated heterocycles. The van der Waals surface area contributed by atoms with Gasteiger partial charge in [-0.05, 0) is 5.56 Å². The SMILES string of the molecule is O=C(Cl)OC(Cc1ccccc1)(c1ccccc1)c1ccccc1. The van der Waals surface area contributed by atoms with Crippen molar-refractivity contribution in [1.29, 1.82) is 0 Å². The maximum Gasteiger partial charge on any atom is 0.405 e. The van der Waals surface area contributed by atoms with E-state index in [0.29, 0.717) is 6.42 Å². The summed E-state index contributed by atoms with van der Waals surface area (Å²) in [7, 11) is 0. The van der Waals surface area contributed by atoms with Crippen molar-refractivity contribution < 1.29 is 9.53 Å². The first-order valence-electron chi connectivity index (χ1n) is 7.74. The van der Waals surface area contributed by atoms with Gasteiger partial charge in [0.05, 0.1) is 0 Å². The number of hydrogen-bond acceptors (Lipinski definition) is 2. The molecule has 0 atom stereocenters. The van der Waals surface area contributed by atoms with Gasteiger partial charge >= 0.3 is 5.43 Å². The summed E-state index contributed by atoms with van der Waals surface area (Å²) in [5, 5.41) is 0. The van der Waals surface area contributed by atoms with Crippen molar-refractivity contribution in [3.05, 3.63) is 108 Å². The fourth-order valence-corrected chi connectivity index (χ4v) is 3.09. The van der Waals surface area contributed by atoms with Crippen molar-refractivity contribution in [3.8, 4) is 0 Å². The standard InChI is InChI=1S/C21H17ClO2/c22-20(23)24-21(18-12-6-2-7-13-18,19-14-8-3-9-15-19)16-17-10-4-1-5-11-17/h1-15H,16H2. The highest BCUT2D eigenvalue weighted by molar-refractivity contribution is 6.61. The molecule has 120 valence electrons. The van der Waals surface area contributed by atoms with E-state index in [1.54, 1.807) is 0 Å². The fourth-order valence-electron chi connectivity index (χ4n) is 2.96. The van der Waals surface area contributed by atoms with Crippen molar-refractivity contribution in [2.24, 2.45) is 0 Å². The number of carbonyl (C=O) groups excluding carboxylic acids is 1. The van der Waals surface area contributed by atoms with Crippen LogP contribution in [0.15, 0.2) is 91.0 Å². The van der Waals surface area contributed by atoms with Crippen LogP contribution in [0.25, 0.3) is 0 Å². The third kappa shape index (κ3) is 3.50. The molecule has 3 aromatic rings. The van der Waals surface area contributed by atoms with E-state index in [1.165, 1.54) is 0 Å². The third-order valence-corrected chi connectivity index (χ3v) is 4.11. The lowest BCUT2D eigenvalue weighted by atomic mass is 9.81. The molecule has 0 saturated carbocycles. The topological polar surface area (TPSA) is 26.3 Å². The Kier molecular flexibility index (Phi) is 4.97. The van der Waals surface area contributed by atoms with Gasteiger partial charge in [0.1, 0.15) is 0 Å². The lowest BCUT2D eigenvalue weighted by Crippen LogP contribution is -2.35. The molecule has 0 heterocycles. The lowest BCUT2D eigenvalue weighted by molar-refractivity contribution is 0.0573. The molecule has 0 amide bonds. The summed E-state index contributed by atoms with van der Waals surface area (Å²) in [4.78, 5) is 11.7. The Morgan fingerprint density at radius 2 is 1.17 bits per heavy atom. The number of rotatable bonds is 5. The zero-order chi connectivity index (χ0) is 16.8. The van der Waals surface area contributed by atoms with Crippen LogP contribution in [0, 0.1) is 0 Å². The Labute approximate surface area is 146 Å². The minimum absolute atomic E-state index is 0.500. The molecular formula is C21H17ClO2. The second kappa shape index (κ2) is 7.33. The third-order valence-electron chi connectivity index (χ3n) is 4.03. The van der Waals surface area contributed by atoms with Crippen LogP contribution in [0.4, 0.5) is 4.79 Å². The minimum atomic E-state index is -0.970. The number of benzene rings is 3. The van der Waals surface area contributed by atoms with Gasteiger partial charge in [-0.3, -0.25) is 0 Å². The van der Waals surface area contributed by atoms with Gasteiger partial charge in [0.15, 0.2) is 5.60 Å². The molecule has 0 aliphatic carbocycles. The average Bonchev–Trinajstić information content (AvgIpc) is 2.63. The molecule has 0 N–H and O–H groups in total. The molecule has 0 aromatic heterocycles. The number of ether oxygens (including phenoxy) is 1. The minimum Gasteiger partial charge on any atom is -0.437 e. The maximum absolute atomic E-state index is 11.7. The Bertz CT molecular complexity index is 746. The van der Waals surface area contributed by atoms with E-state index in [-0.39, 0.29) is 0 Å². The van der Waals surface area contributed by atoms with Gasteiger partial charge < -0.3 is 4.74 Å². The molecule has 0 spiro atoms. The Hall–Kier alpha value is -2.58. The van der Waals surface area contributed by atoms with Crippen molar-refractivity contribution >= 4 is 17.0 Å². The largest absolute Gasteiger partial charge is 0.437 e. The van der Waals surface area contributed by atoms with Gasteiger partial charge in [-0.15, -0.1) is 0 Å². The van der Waals surface area contributed by atoms with E-state index in [0.717, 1.165) is 16.7 Å². The van der Waals surface area contributed by atoms with Gasteiger partial charge in [0.2, 0.25) is 0 Å². The van der Waals surface area contributed by atoms with Gasteiger partial charge in [-0.25, -0.2) is 4.79 Å². The lowest BCUT2D eigenvalue weighted by Gasteiger charge is -2.34. The molecule has 0 aliphatic heterocycles. The molecule has 0 radical (unpaired) electrons. The number of carbonyl (C=O) groups is 1. The summed E-state index contributed by atoms with van der Waals surface area (Å²) in [5.74, 6) is 0. The van der Waals surface area contributed by atoms with Crippen LogP contribution in [0.1, 0.15) is 16.7 Å². The zero-order valence-corrected chi connectivity index (χ0v) is 13.8. The fraction of sp³-hybridized carbons (Fsp3) is 0.0952. The average molecular weight is 337 g/mol. The Morgan fingerprint density at radius 3 is 1.58 bits per heavy atom. The molecule has 0 aliphatic rings. The predicted molar refractivity (Wildman–Crippen MR) is 96.1 cm³/mol. The number of hydrogen-bond donors (Lipinski definition) is 0. The van der Waals surface area contributed by atoms with E-state index >= 15 is 0 Å². The molecule has 24 heavy (non-hydrogen) atoms. The monoisotopic (exact) mass is 336 g/mol. The summed E-state index contributed by atoms with van der Waals surface area (Å²) in [6, 6.07) is 29.3. The van der Waals surface area contributed by atoms with Crippen molar-refractivity contribution in [2.75, 3.05) is 0 Å².